The van der Waals surface area contributed by atoms with Gasteiger partial charge in [0.2, 0.25) is 0 Å². The van der Waals surface area contributed by atoms with Gasteiger partial charge in [-0.3, -0.25) is 4.98 Å². The van der Waals surface area contributed by atoms with Gasteiger partial charge in [-0.15, -0.1) is 0 Å². The van der Waals surface area contributed by atoms with Gasteiger partial charge in [-0.25, -0.2) is 0 Å². The van der Waals surface area contributed by atoms with Crippen molar-refractivity contribution in [1.82, 2.24) is 4.98 Å². The summed E-state index contributed by atoms with van der Waals surface area (Å²) in [6, 6.07) is 9.55. The second-order valence-electron chi connectivity index (χ2n) is 4.08. The van der Waals surface area contributed by atoms with Crippen molar-refractivity contribution in [2.75, 3.05) is 0 Å². The number of aryl methyl sites for hydroxylation is 1. The van der Waals surface area contributed by atoms with E-state index in [0.717, 1.165) is 16.8 Å². The highest BCUT2D eigenvalue weighted by Crippen LogP contribution is 2.26. The Morgan fingerprint density at radius 1 is 1.28 bits per heavy atom. The molecule has 0 aliphatic carbocycles. The molecule has 4 heteroatoms. The third-order valence-electron chi connectivity index (χ3n) is 2.57. The van der Waals surface area contributed by atoms with Crippen LogP contribution < -0.4 is 10.5 Å². The molecule has 0 amide bonds. The number of pyridine rings is 1. The summed E-state index contributed by atoms with van der Waals surface area (Å²) in [5.74, 6) is 0.697. The molecule has 0 aliphatic rings. The fraction of sp³-hybridized carbons (Fsp3) is 0.214. The Morgan fingerprint density at radius 2 is 2.11 bits per heavy atom. The molecule has 3 nitrogen and oxygen atoms in total. The van der Waals surface area contributed by atoms with Gasteiger partial charge >= 0.3 is 0 Å². The highest BCUT2D eigenvalue weighted by atomic mass is 35.5. The molecule has 0 unspecified atom stereocenters. The average molecular weight is 263 g/mol. The molecule has 2 N–H and O–H groups in total. The van der Waals surface area contributed by atoms with Gasteiger partial charge in [-0.05, 0) is 42.3 Å². The van der Waals surface area contributed by atoms with Gasteiger partial charge in [-0.2, -0.15) is 0 Å². The Hall–Kier alpha value is -1.58. The molecule has 0 spiro atoms. The van der Waals surface area contributed by atoms with E-state index < -0.39 is 0 Å². The normalized spacial score (nSPS) is 10.4. The fourth-order valence-corrected chi connectivity index (χ4v) is 1.78. The topological polar surface area (TPSA) is 48.1 Å². The molecule has 0 saturated heterocycles. The lowest BCUT2D eigenvalue weighted by Gasteiger charge is -2.09. The highest BCUT2D eigenvalue weighted by molar-refractivity contribution is 6.32. The van der Waals surface area contributed by atoms with Crippen molar-refractivity contribution in [1.29, 1.82) is 0 Å². The molecule has 2 rings (SSSR count). The number of benzene rings is 1. The van der Waals surface area contributed by atoms with Crippen molar-refractivity contribution in [3.05, 3.63) is 58.4 Å². The quantitative estimate of drug-likeness (QED) is 0.921. The molecule has 1 aromatic heterocycles. The monoisotopic (exact) mass is 262 g/mol. The molecule has 0 saturated carbocycles. The van der Waals surface area contributed by atoms with E-state index in [1.165, 1.54) is 0 Å². The minimum absolute atomic E-state index is 0.430. The Kier molecular flexibility index (Phi) is 4.18. The zero-order chi connectivity index (χ0) is 13.0. The van der Waals surface area contributed by atoms with Gasteiger partial charge in [-0.1, -0.05) is 17.7 Å². The first-order valence-electron chi connectivity index (χ1n) is 5.72. The third-order valence-corrected chi connectivity index (χ3v) is 2.88. The maximum Gasteiger partial charge on any atom is 0.138 e. The fourth-order valence-electron chi connectivity index (χ4n) is 1.61. The lowest BCUT2D eigenvalue weighted by Crippen LogP contribution is -2.02. The van der Waals surface area contributed by atoms with Crippen molar-refractivity contribution in [2.24, 2.45) is 5.73 Å². The van der Waals surface area contributed by atoms with E-state index in [9.17, 15) is 0 Å². The Bertz CT molecular complexity index is 543. The Balaban J connectivity index is 2.08. The molecule has 0 atom stereocenters. The Morgan fingerprint density at radius 3 is 2.89 bits per heavy atom. The van der Waals surface area contributed by atoms with Crippen molar-refractivity contribution in [3.8, 4) is 5.75 Å². The minimum atomic E-state index is 0.430. The number of nitrogens with two attached hydrogens (primary N) is 1. The van der Waals surface area contributed by atoms with E-state index in [1.807, 2.05) is 37.3 Å². The minimum Gasteiger partial charge on any atom is -0.487 e. The maximum atomic E-state index is 6.06. The van der Waals surface area contributed by atoms with Crippen LogP contribution in [0.25, 0.3) is 0 Å². The summed E-state index contributed by atoms with van der Waals surface area (Å²) in [6.45, 7) is 2.89. The van der Waals surface area contributed by atoms with Gasteiger partial charge in [0, 0.05) is 12.7 Å². The summed E-state index contributed by atoms with van der Waals surface area (Å²) in [6.07, 6.45) is 1.73. The molecule has 0 radical (unpaired) electrons. The molecule has 2 aromatic rings. The number of aromatic nitrogens is 1. The second-order valence-corrected chi connectivity index (χ2v) is 4.49. The number of rotatable bonds is 4. The lowest BCUT2D eigenvalue weighted by molar-refractivity contribution is 0.306. The van der Waals surface area contributed by atoms with E-state index in [0.29, 0.717) is 23.9 Å². The molecule has 0 fully saturated rings. The second kappa shape index (κ2) is 5.85. The average Bonchev–Trinajstić information content (AvgIpc) is 2.40. The van der Waals surface area contributed by atoms with Crippen LogP contribution in [0.3, 0.4) is 0 Å². The molecule has 18 heavy (non-hydrogen) atoms. The van der Waals surface area contributed by atoms with Crippen molar-refractivity contribution >= 4 is 11.6 Å². The van der Waals surface area contributed by atoms with Gasteiger partial charge in [0.05, 0.1) is 10.7 Å². The SMILES string of the molecule is Cc1ccc(Cl)c(OCc2ccnc(CN)c2)c1. The Labute approximate surface area is 112 Å². The van der Waals surface area contributed by atoms with Crippen LogP contribution in [-0.2, 0) is 13.2 Å². The van der Waals surface area contributed by atoms with Crippen LogP contribution >= 0.6 is 11.6 Å². The van der Waals surface area contributed by atoms with Gasteiger partial charge in [0.25, 0.3) is 0 Å². The molecule has 94 valence electrons. The highest BCUT2D eigenvalue weighted by Gasteiger charge is 2.03. The van der Waals surface area contributed by atoms with Crippen LogP contribution in [0.15, 0.2) is 36.5 Å². The molecule has 0 aliphatic heterocycles. The standard InChI is InChI=1S/C14H15ClN2O/c1-10-2-3-13(15)14(6-10)18-9-11-4-5-17-12(7-11)8-16/h2-7H,8-9,16H2,1H3. The van der Waals surface area contributed by atoms with E-state index >= 15 is 0 Å². The zero-order valence-electron chi connectivity index (χ0n) is 10.2. The van der Waals surface area contributed by atoms with E-state index in [2.05, 4.69) is 4.98 Å². The first-order valence-corrected chi connectivity index (χ1v) is 6.09. The van der Waals surface area contributed by atoms with E-state index in [4.69, 9.17) is 22.1 Å². The predicted molar refractivity (Wildman–Crippen MR) is 72.6 cm³/mol. The number of nitrogens with zero attached hydrogens (tertiary/aromatic N) is 1. The van der Waals surface area contributed by atoms with Crippen LogP contribution in [0.5, 0.6) is 5.75 Å². The lowest BCUT2D eigenvalue weighted by atomic mass is 10.2. The van der Waals surface area contributed by atoms with Gasteiger partial charge in [0.1, 0.15) is 12.4 Å². The predicted octanol–water partition coefficient (Wildman–Crippen LogP) is 3.08. The molecular formula is C14H15ClN2O. The van der Waals surface area contributed by atoms with Crippen molar-refractivity contribution < 1.29 is 4.74 Å². The smallest absolute Gasteiger partial charge is 0.138 e. The number of halogens is 1. The molecule has 1 aromatic carbocycles. The molecule has 1 heterocycles. The first-order chi connectivity index (χ1) is 8.69. The molecular weight excluding hydrogens is 248 g/mol. The summed E-state index contributed by atoms with van der Waals surface area (Å²) in [4.78, 5) is 4.14. The number of hydrogen-bond donors (Lipinski definition) is 1. The summed E-state index contributed by atoms with van der Waals surface area (Å²) in [5, 5.41) is 0.619. The zero-order valence-corrected chi connectivity index (χ0v) is 10.9. The van der Waals surface area contributed by atoms with Crippen LogP contribution in [-0.4, -0.2) is 4.98 Å². The number of ether oxygens (including phenoxy) is 1. The number of hydrogen-bond acceptors (Lipinski definition) is 3. The van der Waals surface area contributed by atoms with Crippen LogP contribution in [0.1, 0.15) is 16.8 Å². The van der Waals surface area contributed by atoms with Crippen LogP contribution in [0.2, 0.25) is 5.02 Å². The largest absolute Gasteiger partial charge is 0.487 e. The van der Waals surface area contributed by atoms with Crippen molar-refractivity contribution in [3.63, 3.8) is 0 Å². The summed E-state index contributed by atoms with van der Waals surface area (Å²) < 4.78 is 5.70. The third kappa shape index (κ3) is 3.22. The maximum absolute atomic E-state index is 6.06. The molecule has 0 bridgehead atoms. The summed E-state index contributed by atoms with van der Waals surface area (Å²) >= 11 is 6.06. The summed E-state index contributed by atoms with van der Waals surface area (Å²) in [5.41, 5.74) is 8.55. The van der Waals surface area contributed by atoms with E-state index in [1.54, 1.807) is 6.20 Å². The van der Waals surface area contributed by atoms with Gasteiger partial charge < -0.3 is 10.5 Å². The van der Waals surface area contributed by atoms with E-state index in [-0.39, 0.29) is 0 Å². The first kappa shape index (κ1) is 12.9. The van der Waals surface area contributed by atoms with Crippen LogP contribution in [0.4, 0.5) is 0 Å². The van der Waals surface area contributed by atoms with Gasteiger partial charge in [0.15, 0.2) is 0 Å². The van der Waals surface area contributed by atoms with Crippen molar-refractivity contribution in [2.45, 2.75) is 20.1 Å². The summed E-state index contributed by atoms with van der Waals surface area (Å²) in [7, 11) is 0. The van der Waals surface area contributed by atoms with Crippen LogP contribution in [0, 0.1) is 6.92 Å².